The first kappa shape index (κ1) is 25.7. The van der Waals surface area contributed by atoms with Crippen LogP contribution < -0.4 is 0 Å². The second-order valence-electron chi connectivity index (χ2n) is 12.1. The van der Waals surface area contributed by atoms with Crippen LogP contribution in [0, 0.1) is 11.3 Å². The summed E-state index contributed by atoms with van der Waals surface area (Å²) < 4.78 is 10.8. The lowest BCUT2D eigenvalue weighted by atomic mass is 10.0. The predicted octanol–water partition coefficient (Wildman–Crippen LogP) is 11.3. The second-order valence-corrected chi connectivity index (χ2v) is 12.1. The van der Waals surface area contributed by atoms with Crippen LogP contribution in [-0.2, 0) is 0 Å². The summed E-state index contributed by atoms with van der Waals surface area (Å²) in [5, 5.41) is 17.4. The van der Waals surface area contributed by atoms with E-state index in [9.17, 15) is 5.26 Å². The highest BCUT2D eigenvalue weighted by molar-refractivity contribution is 6.17. The van der Waals surface area contributed by atoms with E-state index in [-0.39, 0.29) is 0 Å². The van der Waals surface area contributed by atoms with Crippen molar-refractivity contribution in [2.75, 3.05) is 0 Å². The molecule has 3 heterocycles. The van der Waals surface area contributed by atoms with Gasteiger partial charge in [-0.2, -0.15) is 5.26 Å². The van der Waals surface area contributed by atoms with E-state index in [1.54, 1.807) is 0 Å². The molecular formula is C43H25N3O. The van der Waals surface area contributed by atoms with Gasteiger partial charge in [0.05, 0.1) is 33.3 Å². The SMILES string of the molecule is N#Cc1cc(-c2ccc(-n3c4ccccc4c4cc5c(cc43)oc3ccccc35)cc2)ccc1-n1c2ccccc2c2ccccc21. The fourth-order valence-corrected chi connectivity index (χ4v) is 7.45. The lowest BCUT2D eigenvalue weighted by Crippen LogP contribution is -1.98. The summed E-state index contributed by atoms with van der Waals surface area (Å²) in [7, 11) is 0. The third-order valence-corrected chi connectivity index (χ3v) is 9.57. The molecule has 0 aliphatic rings. The molecule has 0 unspecified atom stereocenters. The Balaban J connectivity index is 1.10. The fraction of sp³-hybridized carbons (Fsp3) is 0. The molecular weight excluding hydrogens is 574 g/mol. The summed E-state index contributed by atoms with van der Waals surface area (Å²) in [6.45, 7) is 0. The standard InChI is InChI=1S/C43H25N3O/c44-26-29-23-28(19-22-37(29)46-39-14-6-1-9-31(39)32-10-2-7-15-40(32)46)27-17-20-30(21-18-27)45-38-13-5-3-11-33(38)35-24-36-34-12-4-8-16-42(34)47-43(36)25-41(35)45/h1-25H. The lowest BCUT2D eigenvalue weighted by molar-refractivity contribution is 0.669. The minimum absolute atomic E-state index is 0.635. The zero-order valence-electron chi connectivity index (χ0n) is 25.2. The summed E-state index contributed by atoms with van der Waals surface area (Å²) in [4.78, 5) is 0. The molecule has 10 aromatic rings. The maximum Gasteiger partial charge on any atom is 0.137 e. The molecule has 0 spiro atoms. The molecule has 0 fully saturated rings. The van der Waals surface area contributed by atoms with Gasteiger partial charge in [0.1, 0.15) is 17.2 Å². The molecule has 0 saturated heterocycles. The maximum atomic E-state index is 10.4. The van der Waals surface area contributed by atoms with Gasteiger partial charge < -0.3 is 13.6 Å². The Kier molecular flexibility index (Phi) is 5.32. The van der Waals surface area contributed by atoms with Crippen LogP contribution in [0.5, 0.6) is 0 Å². The third kappa shape index (κ3) is 3.69. The number of nitriles is 1. The normalized spacial score (nSPS) is 11.8. The molecule has 0 aliphatic carbocycles. The first-order valence-corrected chi connectivity index (χ1v) is 15.7. The molecule has 0 atom stereocenters. The molecule has 0 aliphatic heterocycles. The molecule has 0 N–H and O–H groups in total. The zero-order valence-corrected chi connectivity index (χ0v) is 25.2. The molecule has 7 aromatic carbocycles. The number of para-hydroxylation sites is 4. The first-order chi connectivity index (χ1) is 23.3. The predicted molar refractivity (Wildman–Crippen MR) is 193 cm³/mol. The van der Waals surface area contributed by atoms with Crippen molar-refractivity contribution in [2.45, 2.75) is 0 Å². The largest absolute Gasteiger partial charge is 0.456 e. The Hall–Kier alpha value is -6.57. The monoisotopic (exact) mass is 599 g/mol. The van der Waals surface area contributed by atoms with Gasteiger partial charge in [-0.25, -0.2) is 0 Å². The van der Waals surface area contributed by atoms with Crippen molar-refractivity contribution in [3.8, 4) is 28.6 Å². The fourth-order valence-electron chi connectivity index (χ4n) is 7.45. The molecule has 4 nitrogen and oxygen atoms in total. The third-order valence-electron chi connectivity index (χ3n) is 9.57. The number of hydrogen-bond donors (Lipinski definition) is 0. The van der Waals surface area contributed by atoms with Gasteiger partial charge in [-0.05, 0) is 65.7 Å². The average Bonchev–Trinajstić information content (AvgIpc) is 3.78. The van der Waals surface area contributed by atoms with Crippen LogP contribution in [-0.4, -0.2) is 9.13 Å². The molecule has 0 bridgehead atoms. The van der Waals surface area contributed by atoms with E-state index in [4.69, 9.17) is 4.42 Å². The highest BCUT2D eigenvalue weighted by Gasteiger charge is 2.18. The van der Waals surface area contributed by atoms with Crippen LogP contribution in [0.1, 0.15) is 5.56 Å². The van der Waals surface area contributed by atoms with E-state index in [1.807, 2.05) is 18.2 Å². The molecule has 0 radical (unpaired) electrons. The topological polar surface area (TPSA) is 46.8 Å². The quantitative estimate of drug-likeness (QED) is 0.203. The van der Waals surface area contributed by atoms with Crippen LogP contribution in [0.15, 0.2) is 156 Å². The van der Waals surface area contributed by atoms with Gasteiger partial charge in [-0.15, -0.1) is 0 Å². The molecule has 218 valence electrons. The van der Waals surface area contributed by atoms with E-state index < -0.39 is 0 Å². The van der Waals surface area contributed by atoms with Crippen LogP contribution in [0.2, 0.25) is 0 Å². The molecule has 47 heavy (non-hydrogen) atoms. The lowest BCUT2D eigenvalue weighted by Gasteiger charge is -2.13. The number of rotatable bonds is 3. The van der Waals surface area contributed by atoms with E-state index >= 15 is 0 Å². The van der Waals surface area contributed by atoms with Crippen LogP contribution in [0.25, 0.3) is 88.1 Å². The molecule has 10 rings (SSSR count). The van der Waals surface area contributed by atoms with E-state index in [2.05, 4.69) is 149 Å². The van der Waals surface area contributed by atoms with Crippen molar-refractivity contribution in [3.05, 3.63) is 157 Å². The van der Waals surface area contributed by atoms with Gasteiger partial charge in [0, 0.05) is 44.1 Å². The number of benzene rings is 7. The highest BCUT2D eigenvalue weighted by atomic mass is 16.3. The van der Waals surface area contributed by atoms with E-state index in [0.717, 1.165) is 66.5 Å². The minimum Gasteiger partial charge on any atom is -0.456 e. The summed E-state index contributed by atoms with van der Waals surface area (Å²) in [5.74, 6) is 0. The Labute approximate surface area is 269 Å². The van der Waals surface area contributed by atoms with E-state index in [0.29, 0.717) is 5.56 Å². The Morgan fingerprint density at radius 2 is 1.00 bits per heavy atom. The summed E-state index contributed by atoms with van der Waals surface area (Å²) in [5.41, 5.74) is 10.9. The van der Waals surface area contributed by atoms with Gasteiger partial charge in [0.2, 0.25) is 0 Å². The average molecular weight is 600 g/mol. The van der Waals surface area contributed by atoms with Gasteiger partial charge in [-0.3, -0.25) is 0 Å². The molecule has 3 aromatic heterocycles. The van der Waals surface area contributed by atoms with Gasteiger partial charge in [0.15, 0.2) is 0 Å². The number of furan rings is 1. The van der Waals surface area contributed by atoms with Crippen LogP contribution in [0.3, 0.4) is 0 Å². The maximum absolute atomic E-state index is 10.4. The number of nitrogens with zero attached hydrogens (tertiary/aromatic N) is 3. The first-order valence-electron chi connectivity index (χ1n) is 15.7. The minimum atomic E-state index is 0.635. The van der Waals surface area contributed by atoms with Gasteiger partial charge >= 0.3 is 0 Å². The summed E-state index contributed by atoms with van der Waals surface area (Å²) in [6, 6.07) is 55.3. The Morgan fingerprint density at radius 3 is 1.68 bits per heavy atom. The summed E-state index contributed by atoms with van der Waals surface area (Å²) in [6.07, 6.45) is 0. The number of fused-ring (bicyclic) bond motifs is 9. The van der Waals surface area contributed by atoms with Gasteiger partial charge in [-0.1, -0.05) is 91.0 Å². The Morgan fingerprint density at radius 1 is 0.426 bits per heavy atom. The van der Waals surface area contributed by atoms with Crippen molar-refractivity contribution in [2.24, 2.45) is 0 Å². The summed E-state index contributed by atoms with van der Waals surface area (Å²) >= 11 is 0. The van der Waals surface area contributed by atoms with Crippen molar-refractivity contribution in [1.82, 2.24) is 9.13 Å². The van der Waals surface area contributed by atoms with Gasteiger partial charge in [0.25, 0.3) is 0 Å². The van der Waals surface area contributed by atoms with E-state index in [1.165, 1.54) is 21.5 Å². The molecule has 0 amide bonds. The number of aromatic nitrogens is 2. The second kappa shape index (κ2) is 9.71. The zero-order chi connectivity index (χ0) is 31.1. The van der Waals surface area contributed by atoms with Crippen LogP contribution >= 0.6 is 0 Å². The molecule has 0 saturated carbocycles. The molecule has 4 heteroatoms. The van der Waals surface area contributed by atoms with Crippen molar-refractivity contribution >= 4 is 65.6 Å². The number of hydrogen-bond acceptors (Lipinski definition) is 2. The smallest absolute Gasteiger partial charge is 0.137 e. The van der Waals surface area contributed by atoms with Crippen molar-refractivity contribution in [1.29, 1.82) is 5.26 Å². The van der Waals surface area contributed by atoms with Crippen molar-refractivity contribution < 1.29 is 4.42 Å². The van der Waals surface area contributed by atoms with Crippen LogP contribution in [0.4, 0.5) is 0 Å². The Bertz CT molecular complexity index is 2860. The van der Waals surface area contributed by atoms with Crippen molar-refractivity contribution in [3.63, 3.8) is 0 Å². The highest BCUT2D eigenvalue weighted by Crippen LogP contribution is 2.39.